The molecule has 9 nitrogen and oxygen atoms in total. The fraction of sp³-hybridized carbons (Fsp3) is 0.148. The molecular weight excluding hydrogens is 458 g/mol. The summed E-state index contributed by atoms with van der Waals surface area (Å²) in [5.74, 6) is 0.0975. The van der Waals surface area contributed by atoms with Crippen LogP contribution in [-0.2, 0) is 0 Å². The molecule has 2 aromatic heterocycles. The Morgan fingerprint density at radius 1 is 0.806 bits per heavy atom. The molecule has 36 heavy (non-hydrogen) atoms. The predicted molar refractivity (Wildman–Crippen MR) is 137 cm³/mol. The average Bonchev–Trinajstić information content (AvgIpc) is 3.38. The van der Waals surface area contributed by atoms with Crippen LogP contribution in [0.4, 0.5) is 5.95 Å². The van der Waals surface area contributed by atoms with Crippen molar-refractivity contribution in [2.75, 3.05) is 5.32 Å². The normalized spacial score (nSPS) is 21.9. The van der Waals surface area contributed by atoms with Gasteiger partial charge in [-0.2, -0.15) is 4.98 Å². The van der Waals surface area contributed by atoms with Crippen molar-refractivity contribution in [2.24, 2.45) is 0 Å². The van der Waals surface area contributed by atoms with Crippen LogP contribution < -0.4 is 10.9 Å². The number of imidazole rings is 1. The molecule has 1 aliphatic carbocycles. The molecule has 1 aliphatic rings. The second-order valence-corrected chi connectivity index (χ2v) is 9.18. The largest absolute Gasteiger partial charge is 0.388 e. The molecule has 9 heteroatoms. The number of anilines is 1. The maximum absolute atomic E-state index is 12.5. The first kappa shape index (κ1) is 21.0. The molecule has 0 amide bonds. The Balaban J connectivity index is 1.56. The summed E-state index contributed by atoms with van der Waals surface area (Å²) in [7, 11) is 0. The Hall–Kier alpha value is -4.31. The van der Waals surface area contributed by atoms with Crippen LogP contribution in [-0.4, -0.2) is 47.5 Å². The quantitative estimate of drug-likeness (QED) is 0.165. The lowest BCUT2D eigenvalue weighted by Crippen LogP contribution is -2.45. The van der Waals surface area contributed by atoms with E-state index >= 15 is 0 Å². The van der Waals surface area contributed by atoms with Gasteiger partial charge in [-0.3, -0.25) is 9.78 Å². The van der Waals surface area contributed by atoms with Crippen molar-refractivity contribution in [1.29, 1.82) is 0 Å². The minimum absolute atomic E-state index is 0.0975. The number of H-pyrrole nitrogens is 2. The smallest absolute Gasteiger partial charge is 0.278 e. The minimum atomic E-state index is -1.46. The number of nitrogens with zero attached hydrogens (tertiary/aromatic N) is 2. The maximum Gasteiger partial charge on any atom is 0.278 e. The van der Waals surface area contributed by atoms with Crippen LogP contribution in [0.25, 0.3) is 43.5 Å². The second kappa shape index (κ2) is 7.59. The van der Waals surface area contributed by atoms with Crippen LogP contribution in [0.15, 0.2) is 71.8 Å². The van der Waals surface area contributed by atoms with Gasteiger partial charge in [-0.1, -0.05) is 48.5 Å². The highest BCUT2D eigenvalue weighted by Crippen LogP contribution is 2.47. The number of hydrogen-bond acceptors (Lipinski definition) is 7. The highest BCUT2D eigenvalue weighted by Gasteiger charge is 2.43. The number of nitrogens with one attached hydrogen (secondary N) is 3. The first-order valence-electron chi connectivity index (χ1n) is 11.6. The van der Waals surface area contributed by atoms with Crippen LogP contribution in [0.2, 0.25) is 0 Å². The zero-order chi connectivity index (χ0) is 24.6. The van der Waals surface area contributed by atoms with E-state index in [0.717, 1.165) is 32.3 Å². The molecule has 0 spiro atoms. The maximum atomic E-state index is 12.5. The third kappa shape index (κ3) is 2.91. The van der Waals surface area contributed by atoms with Gasteiger partial charge in [-0.25, -0.2) is 4.98 Å². The predicted octanol–water partition coefficient (Wildman–Crippen LogP) is 3.03. The number of benzene rings is 4. The molecule has 0 aliphatic heterocycles. The fourth-order valence-electron chi connectivity index (χ4n) is 5.52. The average molecular weight is 479 g/mol. The molecule has 2 heterocycles. The molecule has 6 aromatic rings. The van der Waals surface area contributed by atoms with Gasteiger partial charge in [0.05, 0.1) is 12.4 Å². The molecule has 4 aromatic carbocycles. The molecule has 0 saturated carbocycles. The Kier molecular flexibility index (Phi) is 4.43. The van der Waals surface area contributed by atoms with Crippen LogP contribution in [0.1, 0.15) is 23.3 Å². The van der Waals surface area contributed by atoms with Crippen molar-refractivity contribution >= 4 is 49.4 Å². The number of hydrogen-bond donors (Lipinski definition) is 6. The SMILES string of the molecule is O=c1[nH]c(NC2c3c(c4ccccc4c4cc5ccccc5cc34)C(O)C(O)C2O)nc2nc[nH]c12. The van der Waals surface area contributed by atoms with Crippen LogP contribution in [0.3, 0.4) is 0 Å². The Morgan fingerprint density at radius 3 is 2.28 bits per heavy atom. The van der Waals surface area contributed by atoms with Gasteiger partial charge in [0.2, 0.25) is 5.95 Å². The molecule has 0 saturated heterocycles. The number of aliphatic hydroxyl groups excluding tert-OH is 3. The molecule has 178 valence electrons. The summed E-state index contributed by atoms with van der Waals surface area (Å²) in [5.41, 5.74) is 1.22. The number of aromatic nitrogens is 4. The molecule has 0 fully saturated rings. The Bertz CT molecular complexity index is 1880. The van der Waals surface area contributed by atoms with Gasteiger partial charge in [-0.05, 0) is 55.6 Å². The van der Waals surface area contributed by atoms with Gasteiger partial charge < -0.3 is 25.6 Å². The first-order valence-corrected chi connectivity index (χ1v) is 11.6. The topological polar surface area (TPSA) is 147 Å². The van der Waals surface area contributed by atoms with E-state index in [-0.39, 0.29) is 17.1 Å². The fourth-order valence-corrected chi connectivity index (χ4v) is 5.52. The summed E-state index contributed by atoms with van der Waals surface area (Å²) in [4.78, 5) is 26.4. The van der Waals surface area contributed by atoms with E-state index in [1.165, 1.54) is 6.33 Å². The minimum Gasteiger partial charge on any atom is -0.388 e. The zero-order valence-electron chi connectivity index (χ0n) is 18.8. The number of rotatable bonds is 2. The van der Waals surface area contributed by atoms with Gasteiger partial charge in [0.1, 0.15) is 18.3 Å². The van der Waals surface area contributed by atoms with E-state index in [1.807, 2.05) is 54.6 Å². The molecule has 6 N–H and O–H groups in total. The molecule has 0 bridgehead atoms. The number of fused-ring (bicyclic) bond motifs is 8. The van der Waals surface area contributed by atoms with E-state index in [0.29, 0.717) is 11.1 Å². The Morgan fingerprint density at radius 2 is 1.50 bits per heavy atom. The van der Waals surface area contributed by atoms with Gasteiger partial charge in [-0.15, -0.1) is 0 Å². The van der Waals surface area contributed by atoms with E-state index in [9.17, 15) is 20.1 Å². The summed E-state index contributed by atoms with van der Waals surface area (Å²) in [5, 5.41) is 41.9. The number of aliphatic hydroxyl groups is 3. The zero-order valence-corrected chi connectivity index (χ0v) is 18.8. The van der Waals surface area contributed by atoms with Crippen LogP contribution >= 0.6 is 0 Å². The third-order valence-corrected chi connectivity index (χ3v) is 7.18. The lowest BCUT2D eigenvalue weighted by Gasteiger charge is -2.39. The standard InChI is InChI=1S/C27H21N5O4/c33-22-19-15-8-4-3-7-14(15)16-9-12-5-1-2-6-13(12)10-17(16)18(19)20(23(34)24(22)35)30-27-31-25-21(26(36)32-27)28-11-29-25/h1-11,20,22-24,33-35H,(H3,28,29,30,31,32,36). The van der Waals surface area contributed by atoms with E-state index < -0.39 is 29.9 Å². The third-order valence-electron chi connectivity index (χ3n) is 7.18. The van der Waals surface area contributed by atoms with E-state index in [2.05, 4.69) is 31.3 Å². The van der Waals surface area contributed by atoms with Gasteiger partial charge in [0.25, 0.3) is 5.56 Å². The van der Waals surface area contributed by atoms with Crippen molar-refractivity contribution in [3.05, 3.63) is 88.5 Å². The van der Waals surface area contributed by atoms with Crippen molar-refractivity contribution < 1.29 is 15.3 Å². The first-order chi connectivity index (χ1) is 17.5. The van der Waals surface area contributed by atoms with Gasteiger partial charge in [0.15, 0.2) is 11.2 Å². The summed E-state index contributed by atoms with van der Waals surface area (Å²) >= 11 is 0. The highest BCUT2D eigenvalue weighted by atomic mass is 16.4. The van der Waals surface area contributed by atoms with E-state index in [4.69, 9.17) is 0 Å². The lowest BCUT2D eigenvalue weighted by atomic mass is 9.76. The van der Waals surface area contributed by atoms with Crippen molar-refractivity contribution in [1.82, 2.24) is 19.9 Å². The summed E-state index contributed by atoms with van der Waals surface area (Å²) in [6.07, 6.45) is -2.78. The van der Waals surface area contributed by atoms with Crippen LogP contribution in [0.5, 0.6) is 0 Å². The molecule has 7 rings (SSSR count). The molecule has 4 atom stereocenters. The summed E-state index contributed by atoms with van der Waals surface area (Å²) < 4.78 is 0. The van der Waals surface area contributed by atoms with E-state index in [1.54, 1.807) is 0 Å². The monoisotopic (exact) mass is 479 g/mol. The molecule has 4 unspecified atom stereocenters. The Labute approximate surface area is 203 Å². The second-order valence-electron chi connectivity index (χ2n) is 9.18. The van der Waals surface area contributed by atoms with Crippen molar-refractivity contribution in [2.45, 2.75) is 24.4 Å². The molecule has 0 radical (unpaired) electrons. The molecular formula is C27H21N5O4. The summed E-state index contributed by atoms with van der Waals surface area (Å²) in [6.45, 7) is 0. The highest BCUT2D eigenvalue weighted by molar-refractivity contribution is 6.15. The van der Waals surface area contributed by atoms with Gasteiger partial charge in [0, 0.05) is 0 Å². The van der Waals surface area contributed by atoms with Gasteiger partial charge >= 0.3 is 0 Å². The lowest BCUT2D eigenvalue weighted by molar-refractivity contribution is -0.0760. The van der Waals surface area contributed by atoms with Crippen molar-refractivity contribution in [3.63, 3.8) is 0 Å². The number of aromatic amines is 2. The van der Waals surface area contributed by atoms with Crippen molar-refractivity contribution in [3.8, 4) is 0 Å². The summed E-state index contributed by atoms with van der Waals surface area (Å²) in [6, 6.07) is 19.0. The van der Waals surface area contributed by atoms with Crippen LogP contribution in [0, 0.1) is 0 Å².